The minimum absolute atomic E-state index is 0.00693. The third-order valence-corrected chi connectivity index (χ3v) is 9.48. The van der Waals surface area contributed by atoms with Crippen LogP contribution in [0.3, 0.4) is 0 Å². The number of primary amides is 1. The molecular formula is C32H28ClF4N5O5. The molecule has 0 spiro atoms. The lowest BCUT2D eigenvalue weighted by Gasteiger charge is -2.30. The molecule has 246 valence electrons. The molecule has 47 heavy (non-hydrogen) atoms. The Hall–Kier alpha value is -4.43. The summed E-state index contributed by atoms with van der Waals surface area (Å²) in [7, 11) is 0. The Bertz CT molecular complexity index is 1970. The van der Waals surface area contributed by atoms with Gasteiger partial charge in [-0.3, -0.25) is 14.3 Å². The van der Waals surface area contributed by atoms with Crippen molar-refractivity contribution in [1.29, 1.82) is 0 Å². The number of nitrogens with one attached hydrogen (secondary N) is 1. The topological polar surface area (TPSA) is 142 Å². The molecule has 2 amide bonds. The minimum Gasteiger partial charge on any atom is -0.489 e. The van der Waals surface area contributed by atoms with Gasteiger partial charge < -0.3 is 25.6 Å². The van der Waals surface area contributed by atoms with Crippen LogP contribution in [0.15, 0.2) is 36.5 Å². The van der Waals surface area contributed by atoms with Crippen LogP contribution in [0.4, 0.5) is 17.6 Å². The van der Waals surface area contributed by atoms with Crippen molar-refractivity contribution in [2.75, 3.05) is 13.2 Å². The summed E-state index contributed by atoms with van der Waals surface area (Å²) < 4.78 is 67.3. The number of fused-ring (bicyclic) bond motifs is 2. The second-order valence-electron chi connectivity index (χ2n) is 12.5. The van der Waals surface area contributed by atoms with Crippen LogP contribution in [0.25, 0.3) is 22.2 Å². The van der Waals surface area contributed by atoms with Gasteiger partial charge in [0.2, 0.25) is 5.91 Å². The lowest BCUT2D eigenvalue weighted by Crippen LogP contribution is -2.44. The van der Waals surface area contributed by atoms with Crippen molar-refractivity contribution < 1.29 is 41.7 Å². The highest BCUT2D eigenvalue weighted by Gasteiger charge is 2.50. The molecule has 2 atom stereocenters. The number of hydrogen-bond acceptors (Lipinski definition) is 7. The SMILES string of the molecule is C[C@]1(C(N)=O)COc2c1cc([C@@](O)(CNC(=O)c1cc(OC(F)F)c3nn(C4CC4)cc3c1)C1CC1)nc2-c1ccc(F)c(F)c1Cl. The van der Waals surface area contributed by atoms with E-state index in [-0.39, 0.29) is 70.2 Å². The zero-order valence-electron chi connectivity index (χ0n) is 24.8. The number of carbonyl (C=O) groups excluding carboxylic acids is 2. The number of alkyl halides is 2. The molecule has 2 aromatic carbocycles. The Morgan fingerprint density at radius 1 is 1.23 bits per heavy atom. The van der Waals surface area contributed by atoms with Crippen molar-refractivity contribution in [3.63, 3.8) is 0 Å². The highest BCUT2D eigenvalue weighted by molar-refractivity contribution is 6.33. The molecule has 0 bridgehead atoms. The first-order valence-electron chi connectivity index (χ1n) is 14.9. The number of aliphatic hydroxyl groups is 1. The molecule has 3 heterocycles. The van der Waals surface area contributed by atoms with E-state index in [4.69, 9.17) is 26.8 Å². The minimum atomic E-state index is -3.15. The molecule has 3 aliphatic rings. The molecule has 15 heteroatoms. The van der Waals surface area contributed by atoms with Gasteiger partial charge in [-0.05, 0) is 68.9 Å². The lowest BCUT2D eigenvalue weighted by atomic mass is 9.81. The van der Waals surface area contributed by atoms with Crippen molar-refractivity contribution >= 4 is 34.3 Å². The molecule has 0 radical (unpaired) electrons. The van der Waals surface area contributed by atoms with Gasteiger partial charge in [0.15, 0.2) is 17.4 Å². The summed E-state index contributed by atoms with van der Waals surface area (Å²) in [5, 5.41) is 19.1. The molecule has 0 saturated heterocycles. The summed E-state index contributed by atoms with van der Waals surface area (Å²) >= 11 is 6.20. The van der Waals surface area contributed by atoms with E-state index in [1.54, 1.807) is 17.8 Å². The molecule has 4 N–H and O–H groups in total. The smallest absolute Gasteiger partial charge is 0.387 e. The van der Waals surface area contributed by atoms with Crippen molar-refractivity contribution in [3.05, 3.63) is 70.0 Å². The second kappa shape index (κ2) is 11.1. The number of halogens is 5. The molecule has 7 rings (SSSR count). The average Bonchev–Trinajstić information content (AvgIpc) is 3.98. The first-order chi connectivity index (χ1) is 22.3. The van der Waals surface area contributed by atoms with Gasteiger partial charge in [0.1, 0.15) is 34.6 Å². The van der Waals surface area contributed by atoms with Crippen molar-refractivity contribution in [1.82, 2.24) is 20.1 Å². The Kier molecular flexibility index (Phi) is 7.35. The van der Waals surface area contributed by atoms with Crippen LogP contribution < -0.4 is 20.5 Å². The summed E-state index contributed by atoms with van der Waals surface area (Å²) in [5.74, 6) is -4.52. The second-order valence-corrected chi connectivity index (χ2v) is 12.8. The molecular weight excluding hydrogens is 646 g/mol. The predicted molar refractivity (Wildman–Crippen MR) is 160 cm³/mol. The summed E-state index contributed by atoms with van der Waals surface area (Å²) in [4.78, 5) is 30.7. The summed E-state index contributed by atoms with van der Waals surface area (Å²) in [6, 6.07) is 6.34. The van der Waals surface area contributed by atoms with E-state index < -0.39 is 46.1 Å². The van der Waals surface area contributed by atoms with Crippen molar-refractivity contribution in [3.8, 4) is 22.8 Å². The van der Waals surface area contributed by atoms with Gasteiger partial charge in [0, 0.05) is 28.3 Å². The number of nitrogens with zero attached hydrogens (tertiary/aromatic N) is 3. The molecule has 2 aromatic heterocycles. The van der Waals surface area contributed by atoms with Crippen LogP contribution in [0, 0.1) is 17.6 Å². The lowest BCUT2D eigenvalue weighted by molar-refractivity contribution is -0.123. The zero-order valence-corrected chi connectivity index (χ0v) is 25.6. The fourth-order valence-corrected chi connectivity index (χ4v) is 6.23. The van der Waals surface area contributed by atoms with Crippen LogP contribution in [-0.2, 0) is 15.8 Å². The van der Waals surface area contributed by atoms with E-state index in [1.165, 1.54) is 18.2 Å². The van der Waals surface area contributed by atoms with Gasteiger partial charge >= 0.3 is 6.61 Å². The maximum atomic E-state index is 14.6. The summed E-state index contributed by atoms with van der Waals surface area (Å²) in [5.41, 5.74) is 2.89. The number of amides is 2. The molecule has 2 aliphatic carbocycles. The van der Waals surface area contributed by atoms with Crippen LogP contribution in [-0.4, -0.2) is 51.4 Å². The standard InChI is InChI=1S/C32H28ClF4N5O5/c1-31(29(38)44)13-46-27-19(31)10-22(40-26(27)18-6-7-20(34)24(35)23(18)33)32(45,16-2-3-16)12-39-28(43)14-8-15-11-42(17-4-5-17)41-25(15)21(9-14)47-30(36)37/h6-11,16-17,30,45H,2-5,12-13H2,1H3,(H2,38,44)(H,39,43)/t31-,32+/m0/s1. The molecule has 10 nitrogen and oxygen atoms in total. The summed E-state index contributed by atoms with van der Waals surface area (Å²) in [6.07, 6.45) is 4.60. The Morgan fingerprint density at radius 3 is 2.64 bits per heavy atom. The molecule has 2 fully saturated rings. The first kappa shape index (κ1) is 31.2. The highest BCUT2D eigenvalue weighted by atomic mass is 35.5. The largest absolute Gasteiger partial charge is 0.489 e. The Labute approximate surface area is 269 Å². The van der Waals surface area contributed by atoms with E-state index in [9.17, 15) is 32.3 Å². The Morgan fingerprint density at radius 2 is 1.98 bits per heavy atom. The van der Waals surface area contributed by atoms with Gasteiger partial charge in [-0.15, -0.1) is 0 Å². The van der Waals surface area contributed by atoms with Crippen LogP contribution in [0.1, 0.15) is 60.3 Å². The quantitative estimate of drug-likeness (QED) is 0.157. The summed E-state index contributed by atoms with van der Waals surface area (Å²) in [6.45, 7) is -2.18. The van der Waals surface area contributed by atoms with Crippen LogP contribution >= 0.6 is 11.6 Å². The highest BCUT2D eigenvalue weighted by Crippen LogP contribution is 2.51. The molecule has 4 aromatic rings. The monoisotopic (exact) mass is 673 g/mol. The van der Waals surface area contributed by atoms with Crippen molar-refractivity contribution in [2.24, 2.45) is 11.7 Å². The number of rotatable bonds is 10. The van der Waals surface area contributed by atoms with Crippen molar-refractivity contribution in [2.45, 2.75) is 56.3 Å². The molecule has 1 aliphatic heterocycles. The number of aromatic nitrogens is 3. The third-order valence-electron chi connectivity index (χ3n) is 9.11. The number of hydrogen-bond donors (Lipinski definition) is 3. The number of carbonyl (C=O) groups is 2. The number of benzene rings is 2. The van der Waals surface area contributed by atoms with Gasteiger partial charge in [0.05, 0.1) is 23.3 Å². The van der Waals surface area contributed by atoms with Gasteiger partial charge in [-0.1, -0.05) is 11.6 Å². The molecule has 2 saturated carbocycles. The van der Waals surface area contributed by atoms with Gasteiger partial charge in [-0.25, -0.2) is 13.8 Å². The van der Waals surface area contributed by atoms with Gasteiger partial charge in [-0.2, -0.15) is 13.9 Å². The maximum Gasteiger partial charge on any atom is 0.387 e. The average molecular weight is 674 g/mol. The van der Waals surface area contributed by atoms with E-state index in [2.05, 4.69) is 15.4 Å². The maximum absolute atomic E-state index is 14.6. The van der Waals surface area contributed by atoms with Gasteiger partial charge in [0.25, 0.3) is 5.91 Å². The third kappa shape index (κ3) is 5.32. The van der Waals surface area contributed by atoms with E-state index in [1.807, 2.05) is 0 Å². The van der Waals surface area contributed by atoms with E-state index >= 15 is 0 Å². The normalized spacial score (nSPS) is 20.2. The van der Waals surface area contributed by atoms with E-state index in [0.29, 0.717) is 18.2 Å². The fourth-order valence-electron chi connectivity index (χ4n) is 5.99. The molecule has 0 unspecified atom stereocenters. The predicted octanol–water partition coefficient (Wildman–Crippen LogP) is 5.13. The van der Waals surface area contributed by atoms with E-state index in [0.717, 1.165) is 25.0 Å². The van der Waals surface area contributed by atoms with Crippen LogP contribution in [0.2, 0.25) is 5.02 Å². The fraction of sp³-hybridized carbons (Fsp3) is 0.375. The Balaban J connectivity index is 1.27. The number of pyridine rings is 1. The van der Waals surface area contributed by atoms with Crippen LogP contribution in [0.5, 0.6) is 11.5 Å². The number of nitrogens with two attached hydrogens (primary N) is 1. The zero-order chi connectivity index (χ0) is 33.4. The first-order valence-corrected chi connectivity index (χ1v) is 15.3. The number of ether oxygens (including phenoxy) is 2.